The zero-order valence-electron chi connectivity index (χ0n) is 8.09. The van der Waals surface area contributed by atoms with Gasteiger partial charge in [-0.2, -0.15) is 0 Å². The van der Waals surface area contributed by atoms with Crippen molar-refractivity contribution in [3.8, 4) is 0 Å². The second kappa shape index (κ2) is 3.48. The maximum absolute atomic E-state index is 12.9. The normalized spacial score (nSPS) is 27.6. The van der Waals surface area contributed by atoms with Gasteiger partial charge in [0, 0.05) is 17.0 Å². The molecular formula is C11H15FN2. The van der Waals surface area contributed by atoms with Crippen LogP contribution in [0.5, 0.6) is 0 Å². The van der Waals surface area contributed by atoms with Crippen LogP contribution in [0.3, 0.4) is 0 Å². The number of hydrogen-bond acceptors (Lipinski definition) is 2. The molecule has 2 nitrogen and oxygen atoms in total. The lowest BCUT2D eigenvalue weighted by Gasteiger charge is -2.20. The van der Waals surface area contributed by atoms with Gasteiger partial charge in [0.05, 0.1) is 0 Å². The van der Waals surface area contributed by atoms with Crippen LogP contribution in [-0.4, -0.2) is 6.17 Å². The minimum Gasteiger partial charge on any atom is -0.398 e. The molecule has 0 bridgehead atoms. The Bertz CT molecular complexity index is 309. The summed E-state index contributed by atoms with van der Waals surface area (Å²) in [5.74, 6) is 0. The molecule has 2 aliphatic rings. The highest BCUT2D eigenvalue weighted by molar-refractivity contribution is 5.54. The topological polar surface area (TPSA) is 52.0 Å². The first-order chi connectivity index (χ1) is 6.68. The van der Waals surface area contributed by atoms with Crippen molar-refractivity contribution >= 4 is 0 Å². The zero-order valence-corrected chi connectivity index (χ0v) is 8.09. The third-order valence-corrected chi connectivity index (χ3v) is 2.89. The highest BCUT2D eigenvalue weighted by atomic mass is 19.1. The first-order valence-corrected chi connectivity index (χ1v) is 4.98. The van der Waals surface area contributed by atoms with Gasteiger partial charge in [0.15, 0.2) is 0 Å². The molecule has 0 aliphatic heterocycles. The molecule has 14 heavy (non-hydrogen) atoms. The van der Waals surface area contributed by atoms with Crippen LogP contribution in [0.1, 0.15) is 25.7 Å². The third-order valence-electron chi connectivity index (χ3n) is 2.89. The molecule has 0 aromatic heterocycles. The average Bonchev–Trinajstić information content (AvgIpc) is 2.49. The van der Waals surface area contributed by atoms with Gasteiger partial charge in [-0.05, 0) is 37.8 Å². The summed E-state index contributed by atoms with van der Waals surface area (Å²) in [7, 11) is 0. The highest BCUT2D eigenvalue weighted by Crippen LogP contribution is 2.33. The van der Waals surface area contributed by atoms with Crippen molar-refractivity contribution in [2.75, 3.05) is 0 Å². The predicted molar refractivity (Wildman–Crippen MR) is 54.9 cm³/mol. The Balaban J connectivity index is 2.23. The maximum Gasteiger partial charge on any atom is 0.101 e. The smallest absolute Gasteiger partial charge is 0.101 e. The van der Waals surface area contributed by atoms with Crippen molar-refractivity contribution in [3.63, 3.8) is 0 Å². The SMILES string of the molecule is NC1=CC=C(N)C1=C1CCC(F)CC1. The van der Waals surface area contributed by atoms with Gasteiger partial charge >= 0.3 is 0 Å². The molecule has 0 aromatic carbocycles. The summed E-state index contributed by atoms with van der Waals surface area (Å²) in [5.41, 5.74) is 15.3. The molecule has 0 aromatic rings. The van der Waals surface area contributed by atoms with E-state index in [4.69, 9.17) is 11.5 Å². The summed E-state index contributed by atoms with van der Waals surface area (Å²) >= 11 is 0. The predicted octanol–water partition coefficient (Wildman–Crippen LogP) is 1.89. The van der Waals surface area contributed by atoms with E-state index in [-0.39, 0.29) is 0 Å². The second-order valence-corrected chi connectivity index (χ2v) is 3.90. The number of nitrogens with two attached hydrogens (primary N) is 2. The van der Waals surface area contributed by atoms with E-state index in [1.165, 1.54) is 5.57 Å². The molecule has 0 amide bonds. The summed E-state index contributed by atoms with van der Waals surface area (Å²) in [6, 6.07) is 0. The Hall–Kier alpha value is -1.25. The van der Waals surface area contributed by atoms with Crippen LogP contribution in [0.4, 0.5) is 4.39 Å². The average molecular weight is 194 g/mol. The van der Waals surface area contributed by atoms with E-state index in [0.29, 0.717) is 12.8 Å². The minimum atomic E-state index is -0.642. The van der Waals surface area contributed by atoms with E-state index in [2.05, 4.69) is 0 Å². The fraction of sp³-hybridized carbons (Fsp3) is 0.455. The lowest BCUT2D eigenvalue weighted by atomic mass is 9.89. The third kappa shape index (κ3) is 1.54. The van der Waals surface area contributed by atoms with Crippen LogP contribution < -0.4 is 11.5 Å². The molecule has 2 rings (SSSR count). The zero-order chi connectivity index (χ0) is 10.1. The van der Waals surface area contributed by atoms with Crippen LogP contribution in [0, 0.1) is 0 Å². The van der Waals surface area contributed by atoms with E-state index in [1.807, 2.05) is 12.2 Å². The van der Waals surface area contributed by atoms with Crippen molar-refractivity contribution in [2.45, 2.75) is 31.9 Å². The summed E-state index contributed by atoms with van der Waals surface area (Å²) in [6.07, 6.45) is 5.80. The van der Waals surface area contributed by atoms with Crippen molar-refractivity contribution in [3.05, 3.63) is 34.7 Å². The van der Waals surface area contributed by atoms with E-state index in [0.717, 1.165) is 29.8 Å². The molecule has 0 saturated heterocycles. The Labute approximate surface area is 83.2 Å². The van der Waals surface area contributed by atoms with Crippen molar-refractivity contribution in [1.29, 1.82) is 0 Å². The fourth-order valence-corrected chi connectivity index (χ4v) is 2.10. The van der Waals surface area contributed by atoms with Gasteiger partial charge in [-0.25, -0.2) is 4.39 Å². The van der Waals surface area contributed by atoms with Gasteiger partial charge in [-0.1, -0.05) is 5.57 Å². The van der Waals surface area contributed by atoms with E-state index in [1.54, 1.807) is 0 Å². The van der Waals surface area contributed by atoms with Gasteiger partial charge in [0.2, 0.25) is 0 Å². The van der Waals surface area contributed by atoms with Crippen LogP contribution >= 0.6 is 0 Å². The van der Waals surface area contributed by atoms with Gasteiger partial charge in [-0.15, -0.1) is 0 Å². The maximum atomic E-state index is 12.9. The van der Waals surface area contributed by atoms with E-state index < -0.39 is 6.17 Å². The lowest BCUT2D eigenvalue weighted by Crippen LogP contribution is -2.14. The van der Waals surface area contributed by atoms with Gasteiger partial charge < -0.3 is 11.5 Å². The van der Waals surface area contributed by atoms with Crippen molar-refractivity contribution in [2.24, 2.45) is 11.5 Å². The van der Waals surface area contributed by atoms with Crippen molar-refractivity contribution < 1.29 is 4.39 Å². The van der Waals surface area contributed by atoms with Crippen LogP contribution in [-0.2, 0) is 0 Å². The molecular weight excluding hydrogens is 179 g/mol. The van der Waals surface area contributed by atoms with Crippen LogP contribution in [0.2, 0.25) is 0 Å². The molecule has 4 N–H and O–H groups in total. The Morgan fingerprint density at radius 1 is 1.07 bits per heavy atom. The number of halogens is 1. The van der Waals surface area contributed by atoms with E-state index >= 15 is 0 Å². The van der Waals surface area contributed by atoms with Crippen LogP contribution in [0.15, 0.2) is 34.7 Å². The monoisotopic (exact) mass is 194 g/mol. The molecule has 0 heterocycles. The molecule has 76 valence electrons. The summed E-state index contributed by atoms with van der Waals surface area (Å²) in [6.45, 7) is 0. The molecule has 2 aliphatic carbocycles. The molecule has 1 saturated carbocycles. The first kappa shape index (κ1) is 9.31. The lowest BCUT2D eigenvalue weighted by molar-refractivity contribution is 0.275. The Morgan fingerprint density at radius 2 is 1.57 bits per heavy atom. The molecule has 0 unspecified atom stereocenters. The number of alkyl halides is 1. The standard InChI is InChI=1S/C11H15FN2/c12-8-3-1-7(2-4-8)11-9(13)5-6-10(11)14/h5-6,8H,1-4,13-14H2. The van der Waals surface area contributed by atoms with Crippen LogP contribution in [0.25, 0.3) is 0 Å². The van der Waals surface area contributed by atoms with Gasteiger partial charge in [0.25, 0.3) is 0 Å². The fourth-order valence-electron chi connectivity index (χ4n) is 2.10. The second-order valence-electron chi connectivity index (χ2n) is 3.90. The molecule has 1 fully saturated rings. The number of allylic oxidation sites excluding steroid dienone is 3. The molecule has 0 radical (unpaired) electrons. The molecule has 0 spiro atoms. The van der Waals surface area contributed by atoms with Gasteiger partial charge in [-0.3, -0.25) is 0 Å². The quantitative estimate of drug-likeness (QED) is 0.618. The van der Waals surface area contributed by atoms with Crippen molar-refractivity contribution in [1.82, 2.24) is 0 Å². The highest BCUT2D eigenvalue weighted by Gasteiger charge is 2.21. The number of hydrogen-bond donors (Lipinski definition) is 2. The Kier molecular flexibility index (Phi) is 2.32. The Morgan fingerprint density at radius 3 is 2.07 bits per heavy atom. The molecule has 0 atom stereocenters. The summed E-state index contributed by atoms with van der Waals surface area (Å²) in [4.78, 5) is 0. The summed E-state index contributed by atoms with van der Waals surface area (Å²) in [5, 5.41) is 0. The minimum absolute atomic E-state index is 0.611. The summed E-state index contributed by atoms with van der Waals surface area (Å²) < 4.78 is 12.9. The first-order valence-electron chi connectivity index (χ1n) is 4.98. The largest absolute Gasteiger partial charge is 0.398 e. The van der Waals surface area contributed by atoms with E-state index in [9.17, 15) is 4.39 Å². The molecule has 3 heteroatoms. The number of rotatable bonds is 0. The van der Waals surface area contributed by atoms with Gasteiger partial charge in [0.1, 0.15) is 6.17 Å².